The molecule has 37 heavy (non-hydrogen) atoms. The number of nitrogens with zero attached hydrogens (tertiary/aromatic N) is 3. The number of nitrogens with one attached hydrogen (secondary N) is 1. The van der Waals surface area contributed by atoms with Gasteiger partial charge in [0.05, 0.1) is 17.3 Å². The van der Waals surface area contributed by atoms with Crippen LogP contribution in [0, 0.1) is 6.92 Å². The molecule has 2 N–H and O–H groups in total. The predicted molar refractivity (Wildman–Crippen MR) is 144 cm³/mol. The third kappa shape index (κ3) is 5.46. The third-order valence-corrected chi connectivity index (χ3v) is 7.33. The van der Waals surface area contributed by atoms with Crippen molar-refractivity contribution in [3.63, 3.8) is 0 Å². The van der Waals surface area contributed by atoms with Crippen LogP contribution in [0.3, 0.4) is 0 Å². The quantitative estimate of drug-likeness (QED) is 0.487. The first kappa shape index (κ1) is 24.5. The summed E-state index contributed by atoms with van der Waals surface area (Å²) in [6.07, 6.45) is 0.605. The van der Waals surface area contributed by atoms with Crippen molar-refractivity contribution in [2.75, 3.05) is 5.32 Å². The standard InChI is InChI=1S/C28H24N4O4S/c1-17-7-9-18(10-8-17)22-15-23(19-5-3-2-4-6-19)32(31-22)28-30-26(34)24(37-28)16-25(33)29-21-13-11-20(12-14-21)27(35)36/h2-14,23-24H,15-16H2,1H3,(H,29,33)(H,35,36)/t23-,24+/m0/s1. The van der Waals surface area contributed by atoms with Crippen molar-refractivity contribution in [2.24, 2.45) is 10.1 Å². The van der Waals surface area contributed by atoms with Gasteiger partial charge in [-0.2, -0.15) is 10.1 Å². The van der Waals surface area contributed by atoms with E-state index in [2.05, 4.69) is 10.3 Å². The molecular formula is C28H24N4O4S. The van der Waals surface area contributed by atoms with Gasteiger partial charge in [0.25, 0.3) is 5.91 Å². The number of carboxylic acid groups (broad SMARTS) is 1. The summed E-state index contributed by atoms with van der Waals surface area (Å²) in [6.45, 7) is 2.04. The van der Waals surface area contributed by atoms with Crippen molar-refractivity contribution < 1.29 is 19.5 Å². The Hall–Kier alpha value is -4.24. The van der Waals surface area contributed by atoms with Crippen LogP contribution in [0.1, 0.15) is 45.9 Å². The minimum Gasteiger partial charge on any atom is -0.478 e. The molecule has 0 radical (unpaired) electrons. The van der Waals surface area contributed by atoms with Crippen LogP contribution in [0.5, 0.6) is 0 Å². The maximum atomic E-state index is 12.8. The number of anilines is 1. The van der Waals surface area contributed by atoms with E-state index in [0.29, 0.717) is 17.3 Å². The second-order valence-corrected chi connectivity index (χ2v) is 10.0. The molecule has 5 rings (SSSR count). The number of hydrazone groups is 1. The summed E-state index contributed by atoms with van der Waals surface area (Å²) in [5.74, 6) is -1.77. The Labute approximate surface area is 218 Å². The maximum Gasteiger partial charge on any atom is 0.335 e. The van der Waals surface area contributed by atoms with Gasteiger partial charge in [0.2, 0.25) is 5.91 Å². The molecular weight excluding hydrogens is 488 g/mol. The van der Waals surface area contributed by atoms with Gasteiger partial charge in [-0.1, -0.05) is 71.9 Å². The van der Waals surface area contributed by atoms with Crippen molar-refractivity contribution in [1.29, 1.82) is 0 Å². The van der Waals surface area contributed by atoms with Crippen molar-refractivity contribution in [1.82, 2.24) is 5.01 Å². The molecule has 2 aliphatic rings. The molecule has 0 saturated carbocycles. The fraction of sp³-hybridized carbons (Fsp3) is 0.179. The highest BCUT2D eigenvalue weighted by Crippen LogP contribution is 2.38. The number of aryl methyl sites for hydroxylation is 1. The number of amides is 2. The summed E-state index contributed by atoms with van der Waals surface area (Å²) in [4.78, 5) is 40.7. The lowest BCUT2D eigenvalue weighted by molar-refractivity contribution is -0.121. The van der Waals surface area contributed by atoms with Gasteiger partial charge >= 0.3 is 5.97 Å². The Morgan fingerprint density at radius 3 is 2.41 bits per heavy atom. The van der Waals surface area contributed by atoms with Crippen molar-refractivity contribution in [3.8, 4) is 0 Å². The van der Waals surface area contributed by atoms with Gasteiger partial charge in [-0.3, -0.25) is 9.59 Å². The fourth-order valence-corrected chi connectivity index (χ4v) is 5.28. The van der Waals surface area contributed by atoms with Gasteiger partial charge in [-0.05, 0) is 42.3 Å². The van der Waals surface area contributed by atoms with Gasteiger partial charge < -0.3 is 10.4 Å². The van der Waals surface area contributed by atoms with Crippen molar-refractivity contribution >= 4 is 46.1 Å². The Morgan fingerprint density at radius 2 is 1.73 bits per heavy atom. The number of aromatic carboxylic acids is 1. The van der Waals surface area contributed by atoms with Crippen LogP contribution in [0.4, 0.5) is 5.69 Å². The molecule has 2 amide bonds. The monoisotopic (exact) mass is 512 g/mol. The summed E-state index contributed by atoms with van der Waals surface area (Å²) in [5, 5.41) is 18.2. The predicted octanol–water partition coefficient (Wildman–Crippen LogP) is 4.87. The van der Waals surface area contributed by atoms with Crippen LogP contribution in [0.15, 0.2) is 89.0 Å². The van der Waals surface area contributed by atoms with Crippen molar-refractivity contribution in [2.45, 2.75) is 31.1 Å². The van der Waals surface area contributed by atoms with E-state index in [9.17, 15) is 14.4 Å². The summed E-state index contributed by atoms with van der Waals surface area (Å²) in [6, 6.07) is 23.9. The first-order chi connectivity index (χ1) is 17.9. The molecule has 0 fully saturated rings. The van der Waals surface area contributed by atoms with Crippen LogP contribution in [-0.4, -0.2) is 44.0 Å². The zero-order chi connectivity index (χ0) is 25.9. The molecule has 0 aliphatic carbocycles. The Morgan fingerprint density at radius 1 is 1.03 bits per heavy atom. The molecule has 2 heterocycles. The number of benzene rings is 3. The fourth-order valence-electron chi connectivity index (χ4n) is 4.22. The summed E-state index contributed by atoms with van der Waals surface area (Å²) >= 11 is 1.24. The number of aliphatic imine (C=N–C) groups is 1. The molecule has 9 heteroatoms. The lowest BCUT2D eigenvalue weighted by atomic mass is 9.98. The van der Waals surface area contributed by atoms with Crippen molar-refractivity contribution in [3.05, 3.63) is 101 Å². The Bertz CT molecular complexity index is 1400. The summed E-state index contributed by atoms with van der Waals surface area (Å²) < 4.78 is 0. The summed E-state index contributed by atoms with van der Waals surface area (Å²) in [5.41, 5.74) is 4.75. The lowest BCUT2D eigenvalue weighted by Gasteiger charge is -2.23. The molecule has 3 aromatic rings. The number of carboxylic acids is 1. The highest BCUT2D eigenvalue weighted by atomic mass is 32.2. The van der Waals surface area contributed by atoms with Crippen LogP contribution in [-0.2, 0) is 9.59 Å². The first-order valence-electron chi connectivity index (χ1n) is 11.8. The van der Waals surface area contributed by atoms with Gasteiger partial charge in [0.1, 0.15) is 5.25 Å². The number of rotatable bonds is 6. The minimum absolute atomic E-state index is 0.0600. The molecule has 0 spiro atoms. The average Bonchev–Trinajstić information content (AvgIpc) is 3.49. The smallest absolute Gasteiger partial charge is 0.335 e. The molecule has 0 aromatic heterocycles. The molecule has 2 atom stereocenters. The molecule has 0 unspecified atom stereocenters. The van der Waals surface area contributed by atoms with E-state index in [1.165, 1.54) is 41.6 Å². The average molecular weight is 513 g/mol. The van der Waals surface area contributed by atoms with E-state index in [-0.39, 0.29) is 29.8 Å². The highest BCUT2D eigenvalue weighted by molar-refractivity contribution is 8.15. The first-order valence-corrected chi connectivity index (χ1v) is 12.7. The number of carbonyl (C=O) groups excluding carboxylic acids is 2. The van der Waals surface area contributed by atoms with Crippen LogP contribution in [0.2, 0.25) is 0 Å². The van der Waals surface area contributed by atoms with E-state index >= 15 is 0 Å². The molecule has 8 nitrogen and oxygen atoms in total. The second kappa shape index (κ2) is 10.4. The third-order valence-electron chi connectivity index (χ3n) is 6.19. The molecule has 0 saturated heterocycles. The van der Waals surface area contributed by atoms with Crippen LogP contribution >= 0.6 is 11.8 Å². The van der Waals surface area contributed by atoms with E-state index in [0.717, 1.165) is 16.8 Å². The number of carbonyl (C=O) groups is 3. The zero-order valence-corrected chi connectivity index (χ0v) is 20.8. The van der Waals surface area contributed by atoms with Gasteiger partial charge in [0.15, 0.2) is 5.17 Å². The number of amidine groups is 1. The van der Waals surface area contributed by atoms with E-state index in [4.69, 9.17) is 10.2 Å². The van der Waals surface area contributed by atoms with Crippen LogP contribution in [0.25, 0.3) is 0 Å². The Balaban J connectivity index is 1.31. The van der Waals surface area contributed by atoms with Gasteiger partial charge in [-0.25, -0.2) is 9.80 Å². The molecule has 186 valence electrons. The number of thioether (sulfide) groups is 1. The second-order valence-electron chi connectivity index (χ2n) is 8.86. The molecule has 2 aliphatic heterocycles. The SMILES string of the molecule is Cc1ccc(C2=NN(C3=NC(=O)[C@@H](CC(=O)Nc4ccc(C(=O)O)cc4)S3)[C@H](c3ccccc3)C2)cc1. The summed E-state index contributed by atoms with van der Waals surface area (Å²) in [7, 11) is 0. The largest absolute Gasteiger partial charge is 0.478 e. The number of hydrogen-bond donors (Lipinski definition) is 2. The lowest BCUT2D eigenvalue weighted by Crippen LogP contribution is -2.25. The molecule has 0 bridgehead atoms. The number of hydrogen-bond acceptors (Lipinski definition) is 6. The highest BCUT2D eigenvalue weighted by Gasteiger charge is 2.39. The van der Waals surface area contributed by atoms with Gasteiger partial charge in [0, 0.05) is 18.5 Å². The van der Waals surface area contributed by atoms with E-state index < -0.39 is 11.2 Å². The normalized spacial score (nSPS) is 18.9. The zero-order valence-electron chi connectivity index (χ0n) is 20.0. The van der Waals surface area contributed by atoms with Crippen LogP contribution < -0.4 is 5.32 Å². The maximum absolute atomic E-state index is 12.8. The van der Waals surface area contributed by atoms with E-state index in [1.54, 1.807) is 5.01 Å². The van der Waals surface area contributed by atoms with E-state index in [1.807, 2.05) is 61.5 Å². The minimum atomic E-state index is -1.04. The Kier molecular flexibility index (Phi) is 6.87. The topological polar surface area (TPSA) is 111 Å². The van der Waals surface area contributed by atoms with Gasteiger partial charge in [-0.15, -0.1) is 0 Å². The molecule has 3 aromatic carbocycles.